The first-order valence-electron chi connectivity index (χ1n) is 3.95. The van der Waals surface area contributed by atoms with Crippen molar-refractivity contribution >= 4 is 10.8 Å². The first-order chi connectivity index (χ1) is 6.20. The molecule has 0 radical (unpaired) electrons. The van der Waals surface area contributed by atoms with Crippen LogP contribution in [-0.2, 0) is 0 Å². The summed E-state index contributed by atoms with van der Waals surface area (Å²) in [5.74, 6) is -0.167. The number of phenolic OH excluding ortho intramolecular Hbond substituents is 2. The molecule has 1 heterocycles. The Balaban J connectivity index is 2.97. The molecule has 3 heteroatoms. The second-order valence-corrected chi connectivity index (χ2v) is 2.98. The van der Waals surface area contributed by atoms with E-state index in [2.05, 4.69) is 4.98 Å². The van der Waals surface area contributed by atoms with Crippen molar-refractivity contribution in [2.45, 2.75) is 6.92 Å². The monoisotopic (exact) mass is 175 g/mol. The fourth-order valence-electron chi connectivity index (χ4n) is 1.40. The summed E-state index contributed by atoms with van der Waals surface area (Å²) in [6.07, 6.45) is 3.25. The lowest BCUT2D eigenvalue weighted by Crippen LogP contribution is -1.81. The van der Waals surface area contributed by atoms with Crippen LogP contribution in [0.5, 0.6) is 11.5 Å². The molecule has 0 aliphatic heterocycles. The highest BCUT2D eigenvalue weighted by atomic mass is 16.3. The van der Waals surface area contributed by atoms with Gasteiger partial charge in [-0.05, 0) is 24.6 Å². The summed E-state index contributed by atoms with van der Waals surface area (Å²) in [5.41, 5.74) is 0.901. The number of rotatable bonds is 0. The summed E-state index contributed by atoms with van der Waals surface area (Å²) in [4.78, 5) is 3.95. The molecule has 0 amide bonds. The molecule has 2 N–H and O–H groups in total. The second kappa shape index (κ2) is 2.62. The van der Waals surface area contributed by atoms with Gasteiger partial charge in [0.1, 0.15) is 0 Å². The minimum Gasteiger partial charge on any atom is -0.504 e. The average molecular weight is 175 g/mol. The van der Waals surface area contributed by atoms with Crippen molar-refractivity contribution in [3.05, 3.63) is 30.1 Å². The number of pyridine rings is 1. The molecule has 0 aliphatic carbocycles. The van der Waals surface area contributed by atoms with Crippen molar-refractivity contribution in [3.8, 4) is 11.5 Å². The summed E-state index contributed by atoms with van der Waals surface area (Å²) in [6.45, 7) is 1.86. The van der Waals surface area contributed by atoms with E-state index in [1.807, 2.05) is 6.92 Å². The molecule has 0 atom stereocenters. The minimum atomic E-state index is -0.0869. The fourth-order valence-corrected chi connectivity index (χ4v) is 1.40. The van der Waals surface area contributed by atoms with E-state index in [9.17, 15) is 10.2 Å². The fraction of sp³-hybridized carbons (Fsp3) is 0.100. The number of nitrogens with zero attached hydrogens (tertiary/aromatic N) is 1. The van der Waals surface area contributed by atoms with E-state index in [0.29, 0.717) is 5.39 Å². The lowest BCUT2D eigenvalue weighted by molar-refractivity contribution is 0.408. The zero-order valence-corrected chi connectivity index (χ0v) is 7.15. The van der Waals surface area contributed by atoms with E-state index < -0.39 is 0 Å². The molecule has 66 valence electrons. The number of aromatic hydroxyl groups is 2. The topological polar surface area (TPSA) is 53.4 Å². The van der Waals surface area contributed by atoms with Gasteiger partial charge in [0.05, 0.1) is 0 Å². The Morgan fingerprint density at radius 1 is 1.23 bits per heavy atom. The number of hydrogen-bond donors (Lipinski definition) is 2. The van der Waals surface area contributed by atoms with Gasteiger partial charge in [-0.3, -0.25) is 4.98 Å². The molecule has 1 aromatic carbocycles. The van der Waals surface area contributed by atoms with E-state index in [-0.39, 0.29) is 11.5 Å². The van der Waals surface area contributed by atoms with Crippen LogP contribution >= 0.6 is 0 Å². The Hall–Kier alpha value is -1.77. The van der Waals surface area contributed by atoms with Crippen molar-refractivity contribution in [1.29, 1.82) is 0 Å². The third kappa shape index (κ3) is 1.09. The first-order valence-corrected chi connectivity index (χ1v) is 3.95. The van der Waals surface area contributed by atoms with E-state index in [1.165, 1.54) is 6.07 Å². The van der Waals surface area contributed by atoms with Gasteiger partial charge in [-0.15, -0.1) is 0 Å². The molecule has 0 fully saturated rings. The van der Waals surface area contributed by atoms with Crippen LogP contribution in [0.3, 0.4) is 0 Å². The lowest BCUT2D eigenvalue weighted by Gasteiger charge is -2.05. The van der Waals surface area contributed by atoms with E-state index in [0.717, 1.165) is 10.9 Å². The summed E-state index contributed by atoms with van der Waals surface area (Å²) < 4.78 is 0. The summed E-state index contributed by atoms with van der Waals surface area (Å²) in [5, 5.41) is 20.3. The predicted molar refractivity (Wildman–Crippen MR) is 49.8 cm³/mol. The highest BCUT2D eigenvalue weighted by Gasteiger charge is 2.07. The molecule has 2 rings (SSSR count). The third-order valence-electron chi connectivity index (χ3n) is 2.10. The molecule has 0 saturated carbocycles. The van der Waals surface area contributed by atoms with Gasteiger partial charge in [-0.2, -0.15) is 0 Å². The van der Waals surface area contributed by atoms with E-state index >= 15 is 0 Å². The van der Waals surface area contributed by atoms with E-state index in [1.54, 1.807) is 18.5 Å². The van der Waals surface area contributed by atoms with Crippen LogP contribution in [-0.4, -0.2) is 15.2 Å². The third-order valence-corrected chi connectivity index (χ3v) is 2.10. The molecule has 1 aromatic heterocycles. The Bertz CT molecular complexity index is 466. The number of aryl methyl sites for hydroxylation is 1. The van der Waals surface area contributed by atoms with Gasteiger partial charge in [0.25, 0.3) is 0 Å². The van der Waals surface area contributed by atoms with E-state index in [4.69, 9.17) is 0 Å². The van der Waals surface area contributed by atoms with Crippen LogP contribution < -0.4 is 0 Å². The SMILES string of the molecule is Cc1cc(O)c(O)c2ccncc12. The number of fused-ring (bicyclic) bond motifs is 1. The Labute approximate surface area is 75.3 Å². The zero-order valence-electron chi connectivity index (χ0n) is 7.15. The van der Waals surface area contributed by atoms with Gasteiger partial charge in [0.15, 0.2) is 11.5 Å². The summed E-state index contributed by atoms with van der Waals surface area (Å²) >= 11 is 0. The maximum atomic E-state index is 9.50. The standard InChI is InChI=1S/C10H9NO2/c1-6-4-9(12)10(13)7-2-3-11-5-8(6)7/h2-5,12-13H,1H3. The smallest absolute Gasteiger partial charge is 0.165 e. The van der Waals surface area contributed by atoms with Crippen molar-refractivity contribution in [2.75, 3.05) is 0 Å². The van der Waals surface area contributed by atoms with Gasteiger partial charge in [0.2, 0.25) is 0 Å². The first kappa shape index (κ1) is 7.86. The molecule has 0 bridgehead atoms. The molecule has 13 heavy (non-hydrogen) atoms. The normalized spacial score (nSPS) is 10.5. The largest absolute Gasteiger partial charge is 0.504 e. The number of phenols is 2. The molecule has 0 saturated heterocycles. The molecule has 2 aromatic rings. The summed E-state index contributed by atoms with van der Waals surface area (Å²) in [6, 6.07) is 3.21. The maximum Gasteiger partial charge on any atom is 0.165 e. The number of hydrogen-bond acceptors (Lipinski definition) is 3. The molecular formula is C10H9NO2. The number of benzene rings is 1. The van der Waals surface area contributed by atoms with Gasteiger partial charge in [-0.25, -0.2) is 0 Å². The van der Waals surface area contributed by atoms with Gasteiger partial charge in [0, 0.05) is 23.2 Å². The average Bonchev–Trinajstić information content (AvgIpc) is 2.15. The van der Waals surface area contributed by atoms with Crippen molar-refractivity contribution in [1.82, 2.24) is 4.98 Å². The van der Waals surface area contributed by atoms with Gasteiger partial charge >= 0.3 is 0 Å². The Morgan fingerprint density at radius 3 is 2.77 bits per heavy atom. The van der Waals surface area contributed by atoms with Gasteiger partial charge < -0.3 is 10.2 Å². The molecule has 3 nitrogen and oxygen atoms in total. The molecular weight excluding hydrogens is 166 g/mol. The van der Waals surface area contributed by atoms with Crippen LogP contribution in [0.25, 0.3) is 10.8 Å². The molecule has 0 spiro atoms. The van der Waals surface area contributed by atoms with Crippen LogP contribution in [0.2, 0.25) is 0 Å². The molecule has 0 aliphatic rings. The van der Waals surface area contributed by atoms with Crippen LogP contribution in [0.4, 0.5) is 0 Å². The van der Waals surface area contributed by atoms with Crippen LogP contribution in [0.1, 0.15) is 5.56 Å². The molecule has 0 unspecified atom stereocenters. The Morgan fingerprint density at radius 2 is 2.00 bits per heavy atom. The predicted octanol–water partition coefficient (Wildman–Crippen LogP) is 1.95. The van der Waals surface area contributed by atoms with Crippen molar-refractivity contribution in [3.63, 3.8) is 0 Å². The minimum absolute atomic E-state index is 0.0806. The summed E-state index contributed by atoms with van der Waals surface area (Å²) in [7, 11) is 0. The van der Waals surface area contributed by atoms with Crippen molar-refractivity contribution in [2.24, 2.45) is 0 Å². The zero-order chi connectivity index (χ0) is 9.42. The second-order valence-electron chi connectivity index (χ2n) is 2.98. The highest BCUT2D eigenvalue weighted by molar-refractivity contribution is 5.92. The lowest BCUT2D eigenvalue weighted by atomic mass is 10.1. The van der Waals surface area contributed by atoms with Crippen LogP contribution in [0.15, 0.2) is 24.5 Å². The van der Waals surface area contributed by atoms with Gasteiger partial charge in [-0.1, -0.05) is 0 Å². The number of aromatic nitrogens is 1. The quantitative estimate of drug-likeness (QED) is 0.602. The maximum absolute atomic E-state index is 9.50. The van der Waals surface area contributed by atoms with Crippen molar-refractivity contribution < 1.29 is 10.2 Å². The highest BCUT2D eigenvalue weighted by Crippen LogP contribution is 2.34. The Kier molecular flexibility index (Phi) is 1.59. The van der Waals surface area contributed by atoms with Crippen LogP contribution in [0, 0.1) is 6.92 Å².